The molecule has 0 bridgehead atoms. The molecule has 0 atom stereocenters. The molecule has 23 heavy (non-hydrogen) atoms. The van der Waals surface area contributed by atoms with Gasteiger partial charge < -0.3 is 9.80 Å². The molecule has 0 aliphatic carbocycles. The van der Waals surface area contributed by atoms with Gasteiger partial charge in [-0.15, -0.1) is 10.2 Å². The van der Waals surface area contributed by atoms with E-state index in [4.69, 9.17) is 0 Å². The zero-order valence-electron chi connectivity index (χ0n) is 12.6. The summed E-state index contributed by atoms with van der Waals surface area (Å²) in [5, 5.41) is 9.82. The average molecular weight is 344 g/mol. The van der Waals surface area contributed by atoms with Crippen molar-refractivity contribution in [1.29, 1.82) is 0 Å². The maximum atomic E-state index is 12.9. The molecule has 1 aliphatic heterocycles. The first kappa shape index (κ1) is 15.9. The Morgan fingerprint density at radius 1 is 1.00 bits per heavy atom. The van der Waals surface area contributed by atoms with Crippen LogP contribution in [0.1, 0.15) is 16.5 Å². The molecule has 0 radical (unpaired) electrons. The summed E-state index contributed by atoms with van der Waals surface area (Å²) in [6.45, 7) is 5.84. The molecule has 3 rings (SSSR count). The summed E-state index contributed by atoms with van der Waals surface area (Å²) in [6, 6.07) is 1.01. The highest BCUT2D eigenvalue weighted by atomic mass is 32.1. The normalized spacial score (nSPS) is 16.0. The number of hydrogen-bond donors (Lipinski definition) is 0. The summed E-state index contributed by atoms with van der Waals surface area (Å²) in [7, 11) is 0. The molecule has 0 aromatic carbocycles. The zero-order valence-corrected chi connectivity index (χ0v) is 13.4. The number of halogens is 3. The summed E-state index contributed by atoms with van der Waals surface area (Å²) in [5.74, 6) is 0.440. The highest BCUT2D eigenvalue weighted by Crippen LogP contribution is 2.30. The monoisotopic (exact) mass is 344 g/mol. The third-order valence-corrected chi connectivity index (χ3v) is 4.40. The van der Waals surface area contributed by atoms with Gasteiger partial charge in [0.1, 0.15) is 22.3 Å². The van der Waals surface area contributed by atoms with Gasteiger partial charge in [-0.25, -0.2) is 9.97 Å². The lowest BCUT2D eigenvalue weighted by Crippen LogP contribution is -2.47. The molecule has 124 valence electrons. The molecule has 0 amide bonds. The van der Waals surface area contributed by atoms with Gasteiger partial charge in [-0.3, -0.25) is 0 Å². The van der Waals surface area contributed by atoms with Crippen molar-refractivity contribution < 1.29 is 13.2 Å². The van der Waals surface area contributed by atoms with E-state index in [1.807, 2.05) is 11.8 Å². The van der Waals surface area contributed by atoms with Gasteiger partial charge in [0.05, 0.1) is 0 Å². The molecule has 10 heteroatoms. The lowest BCUT2D eigenvalue weighted by Gasteiger charge is -2.35. The predicted octanol–water partition coefficient (Wildman–Crippen LogP) is 2.29. The molecule has 2 aromatic rings. The molecule has 1 aliphatic rings. The summed E-state index contributed by atoms with van der Waals surface area (Å²) >= 11 is 1.51. The van der Waals surface area contributed by atoms with Gasteiger partial charge in [0, 0.05) is 32.2 Å². The number of hydrogen-bond acceptors (Lipinski definition) is 7. The third-order valence-electron chi connectivity index (χ3n) is 3.50. The van der Waals surface area contributed by atoms with Gasteiger partial charge in [-0.1, -0.05) is 11.3 Å². The van der Waals surface area contributed by atoms with Gasteiger partial charge in [0.25, 0.3) is 0 Å². The van der Waals surface area contributed by atoms with E-state index in [9.17, 15) is 13.2 Å². The van der Waals surface area contributed by atoms with Crippen molar-refractivity contribution in [3.8, 4) is 0 Å². The number of alkyl halides is 3. The van der Waals surface area contributed by atoms with E-state index >= 15 is 0 Å². The Kier molecular flexibility index (Phi) is 4.09. The number of anilines is 2. The summed E-state index contributed by atoms with van der Waals surface area (Å²) in [4.78, 5) is 11.5. The third kappa shape index (κ3) is 3.52. The van der Waals surface area contributed by atoms with Crippen molar-refractivity contribution in [2.24, 2.45) is 0 Å². The minimum Gasteiger partial charge on any atom is -0.353 e. The summed E-state index contributed by atoms with van der Waals surface area (Å²) in [6.07, 6.45) is -4.46. The van der Waals surface area contributed by atoms with Crippen LogP contribution in [0.3, 0.4) is 0 Å². The van der Waals surface area contributed by atoms with Crippen molar-refractivity contribution in [3.63, 3.8) is 0 Å². The second-order valence-corrected chi connectivity index (χ2v) is 6.39. The van der Waals surface area contributed by atoms with Crippen molar-refractivity contribution in [1.82, 2.24) is 20.2 Å². The van der Waals surface area contributed by atoms with Gasteiger partial charge in [-0.05, 0) is 13.8 Å². The van der Waals surface area contributed by atoms with E-state index < -0.39 is 11.9 Å². The highest BCUT2D eigenvalue weighted by Gasteiger charge is 2.34. The Bertz CT molecular complexity index is 693. The molecule has 1 fully saturated rings. The Morgan fingerprint density at radius 2 is 1.65 bits per heavy atom. The van der Waals surface area contributed by atoms with Crippen LogP contribution in [-0.2, 0) is 6.18 Å². The Balaban J connectivity index is 1.74. The lowest BCUT2D eigenvalue weighted by molar-refractivity contribution is -0.141. The summed E-state index contributed by atoms with van der Waals surface area (Å²) < 4.78 is 38.6. The number of piperazine rings is 1. The van der Waals surface area contributed by atoms with Gasteiger partial charge in [0.2, 0.25) is 5.13 Å². The fraction of sp³-hybridized carbons (Fsp3) is 0.538. The predicted molar refractivity (Wildman–Crippen MR) is 80.8 cm³/mol. The number of nitrogens with zero attached hydrogens (tertiary/aromatic N) is 6. The first-order valence-electron chi connectivity index (χ1n) is 7.06. The number of aromatic nitrogens is 4. The maximum absolute atomic E-state index is 12.9. The first-order chi connectivity index (χ1) is 10.8. The van der Waals surface area contributed by atoms with Crippen LogP contribution in [0.5, 0.6) is 0 Å². The van der Waals surface area contributed by atoms with Gasteiger partial charge in [0.15, 0.2) is 0 Å². The molecule has 3 heterocycles. The lowest BCUT2D eigenvalue weighted by atomic mass is 10.3. The van der Waals surface area contributed by atoms with Crippen LogP contribution < -0.4 is 9.80 Å². The zero-order chi connectivity index (χ0) is 16.6. The van der Waals surface area contributed by atoms with Crippen LogP contribution in [-0.4, -0.2) is 46.3 Å². The second kappa shape index (κ2) is 5.91. The molecule has 6 nitrogen and oxygen atoms in total. The van der Waals surface area contributed by atoms with E-state index in [1.54, 1.807) is 0 Å². The minimum atomic E-state index is -4.46. The molecule has 0 unspecified atom stereocenters. The molecule has 1 saturated heterocycles. The highest BCUT2D eigenvalue weighted by molar-refractivity contribution is 7.15. The first-order valence-corrected chi connectivity index (χ1v) is 7.87. The van der Waals surface area contributed by atoms with Gasteiger partial charge >= 0.3 is 6.18 Å². The fourth-order valence-corrected chi connectivity index (χ4v) is 3.14. The van der Waals surface area contributed by atoms with Crippen LogP contribution in [0, 0.1) is 13.8 Å². The molecule has 0 spiro atoms. The quantitative estimate of drug-likeness (QED) is 0.833. The van der Waals surface area contributed by atoms with Crippen LogP contribution in [0.4, 0.5) is 24.1 Å². The second-order valence-electron chi connectivity index (χ2n) is 5.23. The topological polar surface area (TPSA) is 58.0 Å². The largest absolute Gasteiger partial charge is 0.433 e. The Morgan fingerprint density at radius 3 is 2.22 bits per heavy atom. The number of aryl methyl sites for hydroxylation is 2. The van der Waals surface area contributed by atoms with Crippen LogP contribution in [0.2, 0.25) is 0 Å². The van der Waals surface area contributed by atoms with E-state index in [1.165, 1.54) is 18.3 Å². The van der Waals surface area contributed by atoms with Crippen molar-refractivity contribution >= 4 is 22.3 Å². The van der Waals surface area contributed by atoms with E-state index in [-0.39, 0.29) is 5.82 Å². The molecule has 2 aromatic heterocycles. The minimum absolute atomic E-state index is 0.122. The van der Waals surface area contributed by atoms with E-state index in [2.05, 4.69) is 25.1 Å². The van der Waals surface area contributed by atoms with Crippen LogP contribution in [0.25, 0.3) is 0 Å². The Hall–Kier alpha value is -1.97. The molecule has 0 saturated carbocycles. The molecular weight excluding hydrogens is 329 g/mol. The Labute approximate surface area is 135 Å². The fourth-order valence-electron chi connectivity index (χ4n) is 2.40. The average Bonchev–Trinajstić information content (AvgIpc) is 2.92. The maximum Gasteiger partial charge on any atom is 0.433 e. The van der Waals surface area contributed by atoms with E-state index in [0.717, 1.165) is 16.2 Å². The standard InChI is InChI=1S/C13H15F3N6S/c1-8-17-10(13(14,15)16)7-11(18-8)21-3-5-22(6-4-21)12-20-19-9(2)23-12/h7H,3-6H2,1-2H3. The van der Waals surface area contributed by atoms with Crippen LogP contribution in [0.15, 0.2) is 6.07 Å². The summed E-state index contributed by atoms with van der Waals surface area (Å²) in [5.41, 5.74) is -0.901. The smallest absolute Gasteiger partial charge is 0.353 e. The van der Waals surface area contributed by atoms with Crippen LogP contribution >= 0.6 is 11.3 Å². The van der Waals surface area contributed by atoms with Crippen molar-refractivity contribution in [2.45, 2.75) is 20.0 Å². The molecule has 0 N–H and O–H groups in total. The number of rotatable bonds is 2. The van der Waals surface area contributed by atoms with Gasteiger partial charge in [-0.2, -0.15) is 13.2 Å². The van der Waals surface area contributed by atoms with E-state index in [0.29, 0.717) is 32.0 Å². The molecular formula is C13H15F3N6S. The van der Waals surface area contributed by atoms with Crippen molar-refractivity contribution in [3.05, 3.63) is 22.6 Å². The van der Waals surface area contributed by atoms with Crippen molar-refractivity contribution in [2.75, 3.05) is 36.0 Å². The SMILES string of the molecule is Cc1nc(N2CCN(c3nnc(C)s3)CC2)cc(C(F)(F)F)n1.